The Morgan fingerprint density at radius 2 is 2.38 bits per heavy atom. The number of nitrogens with zero attached hydrogens (tertiary/aromatic N) is 1. The molecule has 16 heavy (non-hydrogen) atoms. The topological polar surface area (TPSA) is 37.0 Å². The molecule has 1 atom stereocenters. The van der Waals surface area contributed by atoms with Gasteiger partial charge < -0.3 is 10.6 Å². The van der Waals surface area contributed by atoms with Gasteiger partial charge in [0, 0.05) is 30.7 Å². The van der Waals surface area contributed by atoms with Gasteiger partial charge >= 0.3 is 0 Å². The SMILES string of the molecule is CC(CNC(C)c1ncc(C)s1)=C1CNC1. The van der Waals surface area contributed by atoms with Gasteiger partial charge in [0.15, 0.2) is 0 Å². The fourth-order valence-corrected chi connectivity index (χ4v) is 2.44. The second-order valence-electron chi connectivity index (χ2n) is 4.40. The summed E-state index contributed by atoms with van der Waals surface area (Å²) in [4.78, 5) is 5.68. The average molecular weight is 237 g/mol. The molecule has 3 nitrogen and oxygen atoms in total. The molecular weight excluding hydrogens is 218 g/mol. The van der Waals surface area contributed by atoms with Crippen molar-refractivity contribution in [2.24, 2.45) is 0 Å². The monoisotopic (exact) mass is 237 g/mol. The summed E-state index contributed by atoms with van der Waals surface area (Å²) in [6, 6.07) is 0.349. The molecule has 0 aliphatic carbocycles. The van der Waals surface area contributed by atoms with Crippen molar-refractivity contribution in [1.29, 1.82) is 0 Å². The van der Waals surface area contributed by atoms with Gasteiger partial charge in [-0.1, -0.05) is 5.57 Å². The first-order chi connectivity index (χ1) is 7.66. The molecule has 88 valence electrons. The number of hydrogen-bond acceptors (Lipinski definition) is 4. The van der Waals surface area contributed by atoms with E-state index in [1.807, 2.05) is 6.20 Å². The molecule has 0 saturated carbocycles. The van der Waals surface area contributed by atoms with Crippen LogP contribution in [-0.2, 0) is 0 Å². The molecule has 0 bridgehead atoms. The average Bonchev–Trinajstić information content (AvgIpc) is 2.58. The molecule has 1 aliphatic heterocycles. The molecule has 0 spiro atoms. The standard InChI is InChI=1S/C12H19N3S/c1-8(11-6-13-7-11)4-14-10(3)12-15-5-9(2)16-12/h5,10,13-14H,4,6-7H2,1-3H3. The molecule has 1 aromatic heterocycles. The van der Waals surface area contributed by atoms with E-state index in [0.29, 0.717) is 6.04 Å². The predicted molar refractivity (Wildman–Crippen MR) is 68.8 cm³/mol. The lowest BCUT2D eigenvalue weighted by molar-refractivity contribution is 0.587. The highest BCUT2D eigenvalue weighted by Crippen LogP contribution is 2.19. The third-order valence-electron chi connectivity index (χ3n) is 2.96. The lowest BCUT2D eigenvalue weighted by Gasteiger charge is -2.23. The van der Waals surface area contributed by atoms with Crippen LogP contribution in [0.2, 0.25) is 0 Å². The third-order valence-corrected chi connectivity index (χ3v) is 4.06. The van der Waals surface area contributed by atoms with E-state index in [4.69, 9.17) is 0 Å². The van der Waals surface area contributed by atoms with Crippen LogP contribution in [0.3, 0.4) is 0 Å². The molecule has 1 unspecified atom stereocenters. The van der Waals surface area contributed by atoms with Crippen LogP contribution in [0.5, 0.6) is 0 Å². The van der Waals surface area contributed by atoms with Gasteiger partial charge in [0.1, 0.15) is 5.01 Å². The summed E-state index contributed by atoms with van der Waals surface area (Å²) in [6.45, 7) is 9.59. The van der Waals surface area contributed by atoms with Crippen molar-refractivity contribution in [3.05, 3.63) is 27.2 Å². The number of aromatic nitrogens is 1. The lowest BCUT2D eigenvalue weighted by Crippen LogP contribution is -2.36. The van der Waals surface area contributed by atoms with Gasteiger partial charge in [-0.25, -0.2) is 4.98 Å². The van der Waals surface area contributed by atoms with E-state index < -0.39 is 0 Å². The highest BCUT2D eigenvalue weighted by Gasteiger charge is 2.12. The van der Waals surface area contributed by atoms with Gasteiger partial charge in [-0.3, -0.25) is 0 Å². The zero-order valence-electron chi connectivity index (χ0n) is 10.1. The summed E-state index contributed by atoms with van der Waals surface area (Å²) >= 11 is 1.77. The normalized spacial score (nSPS) is 17.1. The maximum atomic E-state index is 4.40. The second kappa shape index (κ2) is 5.08. The van der Waals surface area contributed by atoms with Crippen LogP contribution in [0.15, 0.2) is 17.3 Å². The fourth-order valence-electron chi connectivity index (χ4n) is 1.64. The summed E-state index contributed by atoms with van der Waals surface area (Å²) < 4.78 is 0. The predicted octanol–water partition coefficient (Wildman–Crippen LogP) is 2.02. The van der Waals surface area contributed by atoms with Crippen molar-refractivity contribution in [1.82, 2.24) is 15.6 Å². The highest BCUT2D eigenvalue weighted by molar-refractivity contribution is 7.11. The van der Waals surface area contributed by atoms with E-state index in [1.165, 1.54) is 15.5 Å². The number of nitrogens with one attached hydrogen (secondary N) is 2. The molecule has 1 aromatic rings. The largest absolute Gasteiger partial charge is 0.309 e. The molecule has 1 saturated heterocycles. The van der Waals surface area contributed by atoms with E-state index in [9.17, 15) is 0 Å². The highest BCUT2D eigenvalue weighted by atomic mass is 32.1. The number of rotatable bonds is 4. The second-order valence-corrected chi connectivity index (χ2v) is 5.67. The minimum Gasteiger partial charge on any atom is -0.309 e. The van der Waals surface area contributed by atoms with Crippen molar-refractivity contribution in [2.75, 3.05) is 19.6 Å². The minimum absolute atomic E-state index is 0.349. The molecule has 0 radical (unpaired) electrons. The third kappa shape index (κ3) is 2.70. The molecule has 2 heterocycles. The van der Waals surface area contributed by atoms with Crippen LogP contribution in [0.25, 0.3) is 0 Å². The summed E-state index contributed by atoms with van der Waals surface area (Å²) in [7, 11) is 0. The van der Waals surface area contributed by atoms with Crippen molar-refractivity contribution in [2.45, 2.75) is 26.8 Å². The summed E-state index contributed by atoms with van der Waals surface area (Å²) in [6.07, 6.45) is 1.94. The van der Waals surface area contributed by atoms with Crippen molar-refractivity contribution in [3.63, 3.8) is 0 Å². The maximum Gasteiger partial charge on any atom is 0.109 e. The minimum atomic E-state index is 0.349. The van der Waals surface area contributed by atoms with E-state index in [-0.39, 0.29) is 0 Å². The van der Waals surface area contributed by atoms with Crippen molar-refractivity contribution in [3.8, 4) is 0 Å². The Labute approximate surface area is 101 Å². The van der Waals surface area contributed by atoms with Crippen LogP contribution < -0.4 is 10.6 Å². The van der Waals surface area contributed by atoms with E-state index in [0.717, 1.165) is 19.6 Å². The van der Waals surface area contributed by atoms with Gasteiger partial charge in [-0.2, -0.15) is 0 Å². The summed E-state index contributed by atoms with van der Waals surface area (Å²) in [5.41, 5.74) is 3.02. The first-order valence-electron chi connectivity index (χ1n) is 5.70. The quantitative estimate of drug-likeness (QED) is 0.787. The first-order valence-corrected chi connectivity index (χ1v) is 6.52. The zero-order chi connectivity index (χ0) is 11.5. The molecule has 2 rings (SSSR count). The van der Waals surface area contributed by atoms with Gasteiger partial charge in [0.25, 0.3) is 0 Å². The van der Waals surface area contributed by atoms with E-state index in [1.54, 1.807) is 16.9 Å². The van der Waals surface area contributed by atoms with Crippen molar-refractivity contribution >= 4 is 11.3 Å². The van der Waals surface area contributed by atoms with Gasteiger partial charge in [0.2, 0.25) is 0 Å². The Morgan fingerprint density at radius 3 is 2.88 bits per heavy atom. The number of hydrogen-bond donors (Lipinski definition) is 2. The van der Waals surface area contributed by atoms with Crippen LogP contribution >= 0.6 is 11.3 Å². The lowest BCUT2D eigenvalue weighted by atomic mass is 10.0. The molecule has 1 fully saturated rings. The number of aryl methyl sites for hydroxylation is 1. The van der Waals surface area contributed by atoms with Gasteiger partial charge in [-0.05, 0) is 26.3 Å². The maximum absolute atomic E-state index is 4.40. The Kier molecular flexibility index (Phi) is 3.74. The Morgan fingerprint density at radius 1 is 1.62 bits per heavy atom. The first kappa shape index (κ1) is 11.8. The zero-order valence-corrected chi connectivity index (χ0v) is 10.9. The van der Waals surface area contributed by atoms with Crippen LogP contribution in [0, 0.1) is 6.92 Å². The molecule has 0 amide bonds. The number of thiazole rings is 1. The van der Waals surface area contributed by atoms with Crippen LogP contribution in [0.4, 0.5) is 0 Å². The Hall–Kier alpha value is -0.710. The molecule has 4 heteroatoms. The molecular formula is C12H19N3S. The summed E-state index contributed by atoms with van der Waals surface area (Å²) in [5.74, 6) is 0. The van der Waals surface area contributed by atoms with Crippen LogP contribution in [-0.4, -0.2) is 24.6 Å². The summed E-state index contributed by atoms with van der Waals surface area (Å²) in [5, 5.41) is 7.97. The molecule has 1 aliphatic rings. The van der Waals surface area contributed by atoms with Gasteiger partial charge in [0.05, 0.1) is 6.04 Å². The van der Waals surface area contributed by atoms with Crippen LogP contribution in [0.1, 0.15) is 29.8 Å². The Bertz CT molecular complexity index is 389. The smallest absolute Gasteiger partial charge is 0.109 e. The van der Waals surface area contributed by atoms with Gasteiger partial charge in [-0.15, -0.1) is 11.3 Å². The molecule has 2 N–H and O–H groups in total. The fraction of sp³-hybridized carbons (Fsp3) is 0.583. The molecule has 0 aromatic carbocycles. The Balaban J connectivity index is 1.86. The van der Waals surface area contributed by atoms with Crippen molar-refractivity contribution < 1.29 is 0 Å². The van der Waals surface area contributed by atoms with E-state index in [2.05, 4.69) is 36.4 Å². The van der Waals surface area contributed by atoms with E-state index >= 15 is 0 Å².